The van der Waals surface area contributed by atoms with E-state index in [-0.39, 0.29) is 6.10 Å². The van der Waals surface area contributed by atoms with Gasteiger partial charge in [0, 0.05) is 6.26 Å². The highest BCUT2D eigenvalue weighted by Gasteiger charge is 2.18. The minimum Gasteiger partial charge on any atom is -0.490 e. The second kappa shape index (κ2) is 3.52. The van der Waals surface area contributed by atoms with E-state index in [1.807, 2.05) is 13.0 Å². The maximum absolute atomic E-state index is 11.3. The lowest BCUT2D eigenvalue weighted by Gasteiger charge is -2.23. The zero-order chi connectivity index (χ0) is 11.1. The van der Waals surface area contributed by atoms with E-state index < -0.39 is 9.84 Å². The van der Waals surface area contributed by atoms with Crippen LogP contribution >= 0.6 is 0 Å². The summed E-state index contributed by atoms with van der Waals surface area (Å²) in [6, 6.07) is 5.12. The second-order valence-electron chi connectivity index (χ2n) is 4.01. The normalized spacial score (nSPS) is 20.5. The van der Waals surface area contributed by atoms with E-state index in [4.69, 9.17) is 4.74 Å². The second-order valence-corrected chi connectivity index (χ2v) is 6.02. The average molecular weight is 226 g/mol. The number of hydrogen-bond acceptors (Lipinski definition) is 3. The fraction of sp³-hybridized carbons (Fsp3) is 0.455. The van der Waals surface area contributed by atoms with Crippen LogP contribution in [0.15, 0.2) is 23.1 Å². The van der Waals surface area contributed by atoms with Crippen LogP contribution < -0.4 is 4.74 Å². The molecule has 2 rings (SSSR count). The van der Waals surface area contributed by atoms with Gasteiger partial charge in [-0.3, -0.25) is 0 Å². The number of rotatable bonds is 1. The molecule has 1 aliphatic heterocycles. The number of fused-ring (bicyclic) bond motifs is 1. The van der Waals surface area contributed by atoms with Crippen molar-refractivity contribution < 1.29 is 13.2 Å². The predicted octanol–water partition coefficient (Wildman–Crippen LogP) is 1.80. The van der Waals surface area contributed by atoms with Crippen LogP contribution in [0.2, 0.25) is 0 Å². The van der Waals surface area contributed by atoms with Gasteiger partial charge >= 0.3 is 0 Å². The van der Waals surface area contributed by atoms with E-state index in [0.29, 0.717) is 4.90 Å². The number of benzene rings is 1. The van der Waals surface area contributed by atoms with Crippen LogP contribution in [0, 0.1) is 0 Å². The van der Waals surface area contributed by atoms with Crippen molar-refractivity contribution in [2.75, 3.05) is 6.26 Å². The van der Waals surface area contributed by atoms with Crippen LogP contribution in [-0.4, -0.2) is 20.8 Å². The molecule has 1 aliphatic rings. The predicted molar refractivity (Wildman–Crippen MR) is 58.0 cm³/mol. The minimum absolute atomic E-state index is 0.173. The molecule has 1 aromatic rings. The molecule has 0 fully saturated rings. The third-order valence-electron chi connectivity index (χ3n) is 2.62. The van der Waals surface area contributed by atoms with Gasteiger partial charge in [-0.15, -0.1) is 0 Å². The maximum Gasteiger partial charge on any atom is 0.175 e. The van der Waals surface area contributed by atoms with Crippen molar-refractivity contribution in [3.63, 3.8) is 0 Å². The van der Waals surface area contributed by atoms with Gasteiger partial charge in [0.25, 0.3) is 0 Å². The first kappa shape index (κ1) is 10.5. The molecule has 15 heavy (non-hydrogen) atoms. The van der Waals surface area contributed by atoms with E-state index in [1.165, 1.54) is 6.26 Å². The van der Waals surface area contributed by atoms with E-state index in [0.717, 1.165) is 24.2 Å². The summed E-state index contributed by atoms with van der Waals surface area (Å²) in [7, 11) is -3.13. The van der Waals surface area contributed by atoms with E-state index in [9.17, 15) is 8.42 Å². The van der Waals surface area contributed by atoms with Gasteiger partial charge in [-0.05, 0) is 37.5 Å². The zero-order valence-electron chi connectivity index (χ0n) is 8.86. The lowest BCUT2D eigenvalue weighted by Crippen LogP contribution is -2.19. The number of aryl methyl sites for hydroxylation is 1. The average Bonchev–Trinajstić information content (AvgIpc) is 2.15. The Balaban J connectivity index is 2.46. The van der Waals surface area contributed by atoms with Crippen molar-refractivity contribution in [1.29, 1.82) is 0 Å². The third kappa shape index (κ3) is 2.15. The van der Waals surface area contributed by atoms with E-state index >= 15 is 0 Å². The maximum atomic E-state index is 11.3. The van der Waals surface area contributed by atoms with Gasteiger partial charge in [0.15, 0.2) is 9.84 Å². The van der Waals surface area contributed by atoms with Crippen LogP contribution in [0.25, 0.3) is 0 Å². The van der Waals surface area contributed by atoms with Crippen molar-refractivity contribution >= 4 is 9.84 Å². The minimum atomic E-state index is -3.13. The molecule has 1 unspecified atom stereocenters. The fourth-order valence-electron chi connectivity index (χ4n) is 1.72. The number of ether oxygens (including phenoxy) is 1. The first-order valence-electron chi connectivity index (χ1n) is 4.96. The van der Waals surface area contributed by atoms with Gasteiger partial charge in [0.2, 0.25) is 0 Å². The molecule has 0 saturated heterocycles. The summed E-state index contributed by atoms with van der Waals surface area (Å²) >= 11 is 0. The highest BCUT2D eigenvalue weighted by atomic mass is 32.2. The largest absolute Gasteiger partial charge is 0.490 e. The molecule has 1 heterocycles. The molecule has 0 amide bonds. The van der Waals surface area contributed by atoms with Crippen molar-refractivity contribution in [2.45, 2.75) is 30.8 Å². The van der Waals surface area contributed by atoms with Crippen molar-refractivity contribution in [1.82, 2.24) is 0 Å². The molecule has 82 valence electrons. The Morgan fingerprint density at radius 2 is 2.13 bits per heavy atom. The highest BCUT2D eigenvalue weighted by molar-refractivity contribution is 7.90. The summed E-state index contributed by atoms with van der Waals surface area (Å²) in [4.78, 5) is 0.329. The van der Waals surface area contributed by atoms with Crippen LogP contribution in [0.5, 0.6) is 5.75 Å². The lowest BCUT2D eigenvalue weighted by atomic mass is 10.0. The molecule has 0 radical (unpaired) electrons. The summed E-state index contributed by atoms with van der Waals surface area (Å²) in [5.41, 5.74) is 1.10. The molecule has 0 aliphatic carbocycles. The molecule has 0 N–H and O–H groups in total. The summed E-state index contributed by atoms with van der Waals surface area (Å²) < 4.78 is 28.3. The fourth-order valence-corrected chi connectivity index (χ4v) is 2.35. The van der Waals surface area contributed by atoms with Crippen molar-refractivity contribution in [3.05, 3.63) is 23.8 Å². The number of sulfone groups is 1. The lowest BCUT2D eigenvalue weighted by molar-refractivity contribution is 0.192. The Kier molecular flexibility index (Phi) is 2.46. The molecule has 1 aromatic carbocycles. The van der Waals surface area contributed by atoms with Crippen LogP contribution in [0.1, 0.15) is 18.9 Å². The van der Waals surface area contributed by atoms with Gasteiger partial charge in [0.1, 0.15) is 5.75 Å². The van der Waals surface area contributed by atoms with Gasteiger partial charge in [-0.2, -0.15) is 0 Å². The topological polar surface area (TPSA) is 43.4 Å². The molecule has 0 bridgehead atoms. The van der Waals surface area contributed by atoms with Crippen LogP contribution in [-0.2, 0) is 16.3 Å². The molecule has 0 aromatic heterocycles. The van der Waals surface area contributed by atoms with Gasteiger partial charge in [0.05, 0.1) is 11.0 Å². The Morgan fingerprint density at radius 1 is 1.40 bits per heavy atom. The molecule has 3 nitrogen and oxygen atoms in total. The van der Waals surface area contributed by atoms with Crippen LogP contribution in [0.3, 0.4) is 0 Å². The third-order valence-corrected chi connectivity index (χ3v) is 3.73. The van der Waals surface area contributed by atoms with Gasteiger partial charge in [-0.1, -0.05) is 6.07 Å². The summed E-state index contributed by atoms with van der Waals surface area (Å²) in [6.07, 6.45) is 3.33. The Hall–Kier alpha value is -1.03. The molecular weight excluding hydrogens is 212 g/mol. The Labute approximate surface area is 90.0 Å². The standard InChI is InChI=1S/C11H14O3S/c1-8-3-4-9-5-6-10(15(2,12)13)7-11(9)14-8/h5-8H,3-4H2,1-2H3. The first-order valence-corrected chi connectivity index (χ1v) is 6.85. The molecule has 1 atom stereocenters. The van der Waals surface area contributed by atoms with Gasteiger partial charge in [-0.25, -0.2) is 8.42 Å². The monoisotopic (exact) mass is 226 g/mol. The Bertz CT molecular complexity index is 477. The number of hydrogen-bond donors (Lipinski definition) is 0. The quantitative estimate of drug-likeness (QED) is 0.733. The molecule has 0 spiro atoms. The van der Waals surface area contributed by atoms with E-state index in [2.05, 4.69) is 0 Å². The molecular formula is C11H14O3S. The van der Waals surface area contributed by atoms with E-state index in [1.54, 1.807) is 12.1 Å². The van der Waals surface area contributed by atoms with Crippen LogP contribution in [0.4, 0.5) is 0 Å². The highest BCUT2D eigenvalue weighted by Crippen LogP contribution is 2.29. The zero-order valence-corrected chi connectivity index (χ0v) is 9.67. The first-order chi connectivity index (χ1) is 6.97. The van der Waals surface area contributed by atoms with Gasteiger partial charge < -0.3 is 4.74 Å². The smallest absolute Gasteiger partial charge is 0.175 e. The SMILES string of the molecule is CC1CCc2ccc(S(C)(=O)=O)cc2O1. The Morgan fingerprint density at radius 3 is 2.80 bits per heavy atom. The van der Waals surface area contributed by atoms with Crippen molar-refractivity contribution in [2.24, 2.45) is 0 Å². The summed E-state index contributed by atoms with van der Waals surface area (Å²) in [5, 5.41) is 0. The molecule has 4 heteroatoms. The molecule has 0 saturated carbocycles. The summed E-state index contributed by atoms with van der Waals surface area (Å²) in [6.45, 7) is 2.00. The summed E-state index contributed by atoms with van der Waals surface area (Å²) in [5.74, 6) is 0.719. The van der Waals surface area contributed by atoms with Crippen molar-refractivity contribution in [3.8, 4) is 5.75 Å².